The van der Waals surface area contributed by atoms with Crippen molar-refractivity contribution in [2.75, 3.05) is 26.7 Å². The van der Waals surface area contributed by atoms with E-state index in [4.69, 9.17) is 4.74 Å². The third kappa shape index (κ3) is 5.68. The van der Waals surface area contributed by atoms with E-state index < -0.39 is 0 Å². The second-order valence-electron chi connectivity index (χ2n) is 8.81. The zero-order valence-corrected chi connectivity index (χ0v) is 18.8. The topological polar surface area (TPSA) is 70.7 Å². The average molecular weight is 436 g/mol. The van der Waals surface area contributed by atoms with Crippen LogP contribution in [0.15, 0.2) is 48.5 Å². The first kappa shape index (κ1) is 22.3. The summed E-state index contributed by atoms with van der Waals surface area (Å²) in [5.74, 6) is 1.45. The lowest BCUT2D eigenvalue weighted by Crippen LogP contribution is -2.36. The molecular formula is C26H33N3O3. The number of carbonyl (C=O) groups excluding carboxylic acids is 2. The Balaban J connectivity index is 1.31. The number of amides is 2. The Hall–Kier alpha value is -2.86. The van der Waals surface area contributed by atoms with Gasteiger partial charge < -0.3 is 20.3 Å². The van der Waals surface area contributed by atoms with Crippen LogP contribution in [0.3, 0.4) is 0 Å². The predicted molar refractivity (Wildman–Crippen MR) is 125 cm³/mol. The van der Waals surface area contributed by atoms with Gasteiger partial charge in [0.1, 0.15) is 5.75 Å². The minimum atomic E-state index is -0.0550. The zero-order valence-electron chi connectivity index (χ0n) is 18.8. The maximum Gasteiger partial charge on any atom is 0.251 e. The average Bonchev–Trinajstić information content (AvgIpc) is 3.01. The number of nitrogens with zero attached hydrogens (tertiary/aromatic N) is 1. The number of likely N-dealkylation sites (tertiary alicyclic amines) is 1. The van der Waals surface area contributed by atoms with E-state index in [1.54, 1.807) is 7.11 Å². The molecule has 1 unspecified atom stereocenters. The molecule has 170 valence electrons. The lowest BCUT2D eigenvalue weighted by atomic mass is 9.90. The van der Waals surface area contributed by atoms with Gasteiger partial charge in [-0.15, -0.1) is 0 Å². The van der Waals surface area contributed by atoms with Gasteiger partial charge >= 0.3 is 0 Å². The molecule has 0 bridgehead atoms. The summed E-state index contributed by atoms with van der Waals surface area (Å²) in [5, 5.41) is 6.54. The highest BCUT2D eigenvalue weighted by molar-refractivity contribution is 5.94. The molecule has 2 N–H and O–H groups in total. The Morgan fingerprint density at radius 1 is 1.09 bits per heavy atom. The van der Waals surface area contributed by atoms with Gasteiger partial charge in [0.05, 0.1) is 7.11 Å². The Morgan fingerprint density at radius 3 is 2.62 bits per heavy atom. The summed E-state index contributed by atoms with van der Waals surface area (Å²) in [6, 6.07) is 15.9. The molecule has 0 aliphatic carbocycles. The predicted octanol–water partition coefficient (Wildman–Crippen LogP) is 3.47. The van der Waals surface area contributed by atoms with Gasteiger partial charge in [-0.2, -0.15) is 0 Å². The summed E-state index contributed by atoms with van der Waals surface area (Å²) >= 11 is 0. The molecule has 32 heavy (non-hydrogen) atoms. The van der Waals surface area contributed by atoms with Crippen molar-refractivity contribution >= 4 is 11.8 Å². The minimum absolute atomic E-state index is 0.00542. The van der Waals surface area contributed by atoms with Crippen molar-refractivity contribution in [3.63, 3.8) is 0 Å². The molecule has 4 rings (SSSR count). The smallest absolute Gasteiger partial charge is 0.251 e. The van der Waals surface area contributed by atoms with E-state index in [1.165, 1.54) is 5.56 Å². The number of carbonyl (C=O) groups is 2. The zero-order chi connectivity index (χ0) is 22.3. The highest BCUT2D eigenvalue weighted by Gasteiger charge is 2.24. The minimum Gasteiger partial charge on any atom is -0.497 e. The molecule has 0 saturated carbocycles. The fourth-order valence-electron chi connectivity index (χ4n) is 4.67. The first-order valence-electron chi connectivity index (χ1n) is 11.6. The van der Waals surface area contributed by atoms with Crippen LogP contribution < -0.4 is 15.4 Å². The van der Waals surface area contributed by atoms with Gasteiger partial charge in [0, 0.05) is 31.1 Å². The van der Waals surface area contributed by atoms with Crippen molar-refractivity contribution in [3.05, 3.63) is 65.2 Å². The molecule has 2 amide bonds. The van der Waals surface area contributed by atoms with Crippen LogP contribution in [0.1, 0.15) is 59.5 Å². The summed E-state index contributed by atoms with van der Waals surface area (Å²) < 4.78 is 5.29. The number of benzene rings is 2. The second-order valence-corrected chi connectivity index (χ2v) is 8.81. The number of ether oxygens (including phenoxy) is 1. The van der Waals surface area contributed by atoms with Crippen LogP contribution >= 0.6 is 0 Å². The Bertz CT molecular complexity index is 922. The first-order valence-corrected chi connectivity index (χ1v) is 11.6. The van der Waals surface area contributed by atoms with Crippen molar-refractivity contribution in [2.45, 2.75) is 50.6 Å². The third-order valence-corrected chi connectivity index (χ3v) is 6.63. The molecule has 2 aliphatic heterocycles. The van der Waals surface area contributed by atoms with Crippen LogP contribution in [-0.2, 0) is 11.3 Å². The molecule has 6 heteroatoms. The van der Waals surface area contributed by atoms with Crippen LogP contribution in [0.5, 0.6) is 5.75 Å². The molecular weight excluding hydrogens is 402 g/mol. The van der Waals surface area contributed by atoms with Gasteiger partial charge in [0.25, 0.3) is 5.91 Å². The summed E-state index contributed by atoms with van der Waals surface area (Å²) in [5.41, 5.74) is 3.05. The number of hydrogen-bond acceptors (Lipinski definition) is 4. The number of piperidine rings is 1. The molecule has 6 nitrogen and oxygen atoms in total. The van der Waals surface area contributed by atoms with Gasteiger partial charge in [0.2, 0.25) is 5.91 Å². The molecule has 2 aliphatic rings. The van der Waals surface area contributed by atoms with E-state index in [1.807, 2.05) is 41.3 Å². The van der Waals surface area contributed by atoms with E-state index in [9.17, 15) is 9.59 Å². The monoisotopic (exact) mass is 435 g/mol. The van der Waals surface area contributed by atoms with Crippen LogP contribution in [0, 0.1) is 0 Å². The molecule has 0 aromatic heterocycles. The molecule has 2 fully saturated rings. The van der Waals surface area contributed by atoms with E-state index in [2.05, 4.69) is 22.8 Å². The van der Waals surface area contributed by atoms with Gasteiger partial charge in [-0.3, -0.25) is 9.59 Å². The van der Waals surface area contributed by atoms with Crippen molar-refractivity contribution < 1.29 is 14.3 Å². The van der Waals surface area contributed by atoms with Gasteiger partial charge in [-0.1, -0.05) is 24.3 Å². The van der Waals surface area contributed by atoms with Crippen molar-refractivity contribution in [1.82, 2.24) is 15.5 Å². The molecule has 0 radical (unpaired) electrons. The molecule has 0 spiro atoms. The van der Waals surface area contributed by atoms with E-state index in [0.717, 1.165) is 43.7 Å². The third-order valence-electron chi connectivity index (χ3n) is 6.63. The molecule has 2 aromatic rings. The van der Waals surface area contributed by atoms with Crippen LogP contribution in [-0.4, -0.2) is 49.5 Å². The van der Waals surface area contributed by atoms with Gasteiger partial charge in [-0.05, 0) is 80.1 Å². The van der Waals surface area contributed by atoms with E-state index in [0.29, 0.717) is 37.4 Å². The quantitative estimate of drug-likeness (QED) is 0.729. The standard InChI is InChI=1S/C26H33N3O3/c1-32-24-4-2-3-19(17-24)18-29-16-13-23(9-10-25(29)30)28-26(31)22-7-5-20(6-8-22)21-11-14-27-15-12-21/h2-8,17,21,23,27H,9-16,18H2,1H3,(H,28,31). The second kappa shape index (κ2) is 10.6. The Labute approximate surface area is 190 Å². The molecule has 2 saturated heterocycles. The van der Waals surface area contributed by atoms with Crippen molar-refractivity contribution in [3.8, 4) is 5.75 Å². The molecule has 2 aromatic carbocycles. The highest BCUT2D eigenvalue weighted by Crippen LogP contribution is 2.25. The fourth-order valence-corrected chi connectivity index (χ4v) is 4.67. The highest BCUT2D eigenvalue weighted by atomic mass is 16.5. The largest absolute Gasteiger partial charge is 0.497 e. The maximum absolute atomic E-state index is 12.8. The summed E-state index contributed by atoms with van der Waals surface area (Å²) in [6.07, 6.45) is 4.17. The first-order chi connectivity index (χ1) is 15.6. The van der Waals surface area contributed by atoms with Crippen LogP contribution in [0.2, 0.25) is 0 Å². The van der Waals surface area contributed by atoms with E-state index >= 15 is 0 Å². The lowest BCUT2D eigenvalue weighted by Gasteiger charge is -2.23. The lowest BCUT2D eigenvalue weighted by molar-refractivity contribution is -0.131. The summed E-state index contributed by atoms with van der Waals surface area (Å²) in [7, 11) is 1.64. The number of methoxy groups -OCH3 is 1. The normalized spacial score (nSPS) is 20.0. The van der Waals surface area contributed by atoms with E-state index in [-0.39, 0.29) is 17.9 Å². The summed E-state index contributed by atoms with van der Waals surface area (Å²) in [4.78, 5) is 27.3. The SMILES string of the molecule is COc1cccc(CN2CCC(NC(=O)c3ccc(C4CCNCC4)cc3)CCC2=O)c1. The Morgan fingerprint density at radius 2 is 1.88 bits per heavy atom. The van der Waals surface area contributed by atoms with Gasteiger partial charge in [-0.25, -0.2) is 0 Å². The van der Waals surface area contributed by atoms with Gasteiger partial charge in [0.15, 0.2) is 0 Å². The maximum atomic E-state index is 12.8. The van der Waals surface area contributed by atoms with Crippen molar-refractivity contribution in [1.29, 1.82) is 0 Å². The number of nitrogens with one attached hydrogen (secondary N) is 2. The van der Waals surface area contributed by atoms with Crippen molar-refractivity contribution in [2.24, 2.45) is 0 Å². The molecule has 1 atom stereocenters. The Kier molecular flexibility index (Phi) is 7.43. The van der Waals surface area contributed by atoms with Crippen LogP contribution in [0.4, 0.5) is 0 Å². The number of rotatable bonds is 6. The molecule has 2 heterocycles. The van der Waals surface area contributed by atoms with Crippen LogP contribution in [0.25, 0.3) is 0 Å². The fraction of sp³-hybridized carbons (Fsp3) is 0.462. The number of hydrogen-bond donors (Lipinski definition) is 2. The summed E-state index contributed by atoms with van der Waals surface area (Å²) in [6.45, 7) is 3.31.